The average Bonchev–Trinajstić information content (AvgIpc) is 2.50. The summed E-state index contributed by atoms with van der Waals surface area (Å²) in [6, 6.07) is 1.57. The summed E-state index contributed by atoms with van der Waals surface area (Å²) in [5.41, 5.74) is 1.17. The average molecular weight is 293 g/mol. The third-order valence-electron chi connectivity index (χ3n) is 3.32. The molecule has 0 fully saturated rings. The van der Waals surface area contributed by atoms with Crippen molar-refractivity contribution in [1.82, 2.24) is 9.78 Å². The fraction of sp³-hybridized carbons (Fsp3) is 0.533. The Hall–Kier alpha value is -2.11. The minimum Gasteiger partial charge on any atom is -0.466 e. The van der Waals surface area contributed by atoms with Gasteiger partial charge in [0, 0.05) is 24.7 Å². The van der Waals surface area contributed by atoms with Gasteiger partial charge in [-0.2, -0.15) is 5.10 Å². The summed E-state index contributed by atoms with van der Waals surface area (Å²) < 4.78 is 6.00. The van der Waals surface area contributed by atoms with Crippen molar-refractivity contribution >= 4 is 11.7 Å². The lowest BCUT2D eigenvalue weighted by molar-refractivity contribution is -0.136. The van der Waals surface area contributed by atoms with Gasteiger partial charge in [-0.3, -0.25) is 4.79 Å². The predicted octanol–water partition coefficient (Wildman–Crippen LogP) is 1.60. The largest absolute Gasteiger partial charge is 0.466 e. The lowest BCUT2D eigenvalue weighted by Gasteiger charge is -2.20. The van der Waals surface area contributed by atoms with Gasteiger partial charge in [0.05, 0.1) is 25.5 Å². The Labute approximate surface area is 125 Å². The van der Waals surface area contributed by atoms with E-state index < -0.39 is 0 Å². The molecular formula is C15H23N3O3. The topological polar surface area (TPSA) is 64.4 Å². The van der Waals surface area contributed by atoms with E-state index >= 15 is 0 Å². The van der Waals surface area contributed by atoms with Gasteiger partial charge in [0.25, 0.3) is 5.56 Å². The monoisotopic (exact) mass is 293 g/mol. The Balaban J connectivity index is 2.93. The zero-order valence-corrected chi connectivity index (χ0v) is 13.1. The molecule has 21 heavy (non-hydrogen) atoms. The summed E-state index contributed by atoms with van der Waals surface area (Å²) in [6.45, 7) is 7.83. The lowest BCUT2D eigenvalue weighted by atomic mass is 10.2. The van der Waals surface area contributed by atoms with Crippen LogP contribution in [0.15, 0.2) is 28.7 Å². The van der Waals surface area contributed by atoms with E-state index in [1.165, 1.54) is 11.8 Å². The van der Waals surface area contributed by atoms with E-state index in [2.05, 4.69) is 14.7 Å². The third kappa shape index (κ3) is 4.44. The highest BCUT2D eigenvalue weighted by atomic mass is 16.5. The van der Waals surface area contributed by atoms with E-state index in [0.717, 1.165) is 18.8 Å². The number of carbonyl (C=O) groups excluding carboxylic acids is 1. The molecule has 0 aliphatic carbocycles. The fourth-order valence-corrected chi connectivity index (χ4v) is 2.02. The molecule has 0 bridgehead atoms. The molecule has 6 heteroatoms. The first kappa shape index (κ1) is 16.9. The van der Waals surface area contributed by atoms with Crippen LogP contribution in [0.3, 0.4) is 0 Å². The van der Waals surface area contributed by atoms with E-state index in [4.69, 9.17) is 0 Å². The zero-order chi connectivity index (χ0) is 15.8. The van der Waals surface area contributed by atoms with Crippen LogP contribution in [0.1, 0.15) is 27.2 Å². The number of carbonyl (C=O) groups is 1. The SMILES string of the molecule is CC/C(=C/Cn1ncc(N(CC)CC)cc1=O)C(=O)OC. The van der Waals surface area contributed by atoms with Crippen molar-refractivity contribution < 1.29 is 9.53 Å². The Morgan fingerprint density at radius 3 is 2.52 bits per heavy atom. The molecule has 1 rings (SSSR count). The van der Waals surface area contributed by atoms with Crippen LogP contribution in [0.5, 0.6) is 0 Å². The van der Waals surface area contributed by atoms with Gasteiger partial charge in [-0.1, -0.05) is 13.0 Å². The van der Waals surface area contributed by atoms with Crippen molar-refractivity contribution in [3.05, 3.63) is 34.3 Å². The Kier molecular flexibility index (Phi) is 6.65. The maximum Gasteiger partial charge on any atom is 0.333 e. The molecule has 116 valence electrons. The number of methoxy groups -OCH3 is 1. The summed E-state index contributed by atoms with van der Waals surface area (Å²) in [5.74, 6) is -0.370. The first-order chi connectivity index (χ1) is 10.1. The molecule has 0 amide bonds. The van der Waals surface area contributed by atoms with Gasteiger partial charge in [-0.15, -0.1) is 0 Å². The fourth-order valence-electron chi connectivity index (χ4n) is 2.02. The quantitative estimate of drug-likeness (QED) is 0.564. The van der Waals surface area contributed by atoms with Crippen LogP contribution in [0.2, 0.25) is 0 Å². The lowest BCUT2D eigenvalue weighted by Crippen LogP contribution is -2.27. The van der Waals surface area contributed by atoms with Gasteiger partial charge >= 0.3 is 5.97 Å². The number of esters is 1. The van der Waals surface area contributed by atoms with Crippen molar-refractivity contribution in [1.29, 1.82) is 0 Å². The highest BCUT2D eigenvalue weighted by molar-refractivity contribution is 5.88. The highest BCUT2D eigenvalue weighted by Gasteiger charge is 2.08. The van der Waals surface area contributed by atoms with Crippen molar-refractivity contribution in [2.75, 3.05) is 25.1 Å². The van der Waals surface area contributed by atoms with Gasteiger partial charge in [-0.05, 0) is 20.3 Å². The van der Waals surface area contributed by atoms with Crippen molar-refractivity contribution in [2.24, 2.45) is 0 Å². The zero-order valence-electron chi connectivity index (χ0n) is 13.1. The van der Waals surface area contributed by atoms with Crippen LogP contribution in [-0.4, -0.2) is 35.9 Å². The minimum atomic E-state index is -0.370. The maximum absolute atomic E-state index is 12.0. The molecule has 6 nitrogen and oxygen atoms in total. The number of ether oxygens (including phenoxy) is 1. The van der Waals surface area contributed by atoms with Gasteiger partial charge in [0.1, 0.15) is 0 Å². The van der Waals surface area contributed by atoms with E-state index in [1.807, 2.05) is 20.8 Å². The van der Waals surface area contributed by atoms with E-state index in [0.29, 0.717) is 12.0 Å². The normalized spacial score (nSPS) is 11.3. The van der Waals surface area contributed by atoms with Crippen molar-refractivity contribution in [3.8, 4) is 0 Å². The number of rotatable bonds is 7. The second-order valence-electron chi connectivity index (χ2n) is 4.48. The summed E-state index contributed by atoms with van der Waals surface area (Å²) in [5, 5.41) is 4.15. The molecule has 0 saturated carbocycles. The van der Waals surface area contributed by atoms with Crippen LogP contribution in [0, 0.1) is 0 Å². The van der Waals surface area contributed by atoms with Crippen LogP contribution < -0.4 is 10.5 Å². The molecule has 0 radical (unpaired) electrons. The van der Waals surface area contributed by atoms with Crippen LogP contribution >= 0.6 is 0 Å². The standard InChI is InChI=1S/C15H23N3O3/c1-5-12(15(20)21-4)8-9-18-14(19)10-13(11-16-18)17(6-2)7-3/h8,10-11H,5-7,9H2,1-4H3/b12-8-. The van der Waals surface area contributed by atoms with Gasteiger partial charge in [0.15, 0.2) is 0 Å². The number of allylic oxidation sites excluding steroid dienone is 1. The van der Waals surface area contributed by atoms with E-state index in [9.17, 15) is 9.59 Å². The van der Waals surface area contributed by atoms with Crippen molar-refractivity contribution in [3.63, 3.8) is 0 Å². The molecule has 0 unspecified atom stereocenters. The first-order valence-electron chi connectivity index (χ1n) is 7.16. The number of anilines is 1. The Bertz CT molecular complexity index is 560. The Morgan fingerprint density at radius 1 is 1.38 bits per heavy atom. The van der Waals surface area contributed by atoms with Crippen LogP contribution in [0.25, 0.3) is 0 Å². The molecule has 0 N–H and O–H groups in total. The molecule has 0 atom stereocenters. The smallest absolute Gasteiger partial charge is 0.333 e. The highest BCUT2D eigenvalue weighted by Crippen LogP contribution is 2.08. The second-order valence-corrected chi connectivity index (χ2v) is 4.48. The summed E-state index contributed by atoms with van der Waals surface area (Å²) in [4.78, 5) is 25.6. The maximum atomic E-state index is 12.0. The number of aromatic nitrogens is 2. The van der Waals surface area contributed by atoms with Gasteiger partial charge in [-0.25, -0.2) is 9.48 Å². The minimum absolute atomic E-state index is 0.184. The number of hydrogen-bond acceptors (Lipinski definition) is 5. The molecular weight excluding hydrogens is 270 g/mol. The van der Waals surface area contributed by atoms with Gasteiger partial charge < -0.3 is 9.64 Å². The molecule has 0 aliphatic heterocycles. The number of nitrogens with zero attached hydrogens (tertiary/aromatic N) is 3. The molecule has 0 aromatic carbocycles. The summed E-state index contributed by atoms with van der Waals surface area (Å²) in [7, 11) is 1.34. The first-order valence-corrected chi connectivity index (χ1v) is 7.16. The molecule has 0 aliphatic rings. The summed E-state index contributed by atoms with van der Waals surface area (Å²) in [6.07, 6.45) is 3.91. The predicted molar refractivity (Wildman–Crippen MR) is 82.4 cm³/mol. The molecule has 1 heterocycles. The van der Waals surface area contributed by atoms with E-state index in [-0.39, 0.29) is 18.1 Å². The van der Waals surface area contributed by atoms with Gasteiger partial charge in [0.2, 0.25) is 0 Å². The van der Waals surface area contributed by atoms with Crippen LogP contribution in [0.4, 0.5) is 5.69 Å². The molecule has 0 saturated heterocycles. The molecule has 0 spiro atoms. The second kappa shape index (κ2) is 8.24. The van der Waals surface area contributed by atoms with Crippen LogP contribution in [-0.2, 0) is 16.1 Å². The number of hydrogen-bond donors (Lipinski definition) is 0. The van der Waals surface area contributed by atoms with E-state index in [1.54, 1.807) is 18.3 Å². The molecule has 1 aromatic rings. The van der Waals surface area contributed by atoms with Crippen molar-refractivity contribution in [2.45, 2.75) is 33.7 Å². The third-order valence-corrected chi connectivity index (χ3v) is 3.32. The Morgan fingerprint density at radius 2 is 2.05 bits per heavy atom. The molecule has 1 aromatic heterocycles. The summed E-state index contributed by atoms with van der Waals surface area (Å²) >= 11 is 0.